The summed E-state index contributed by atoms with van der Waals surface area (Å²) in [5, 5.41) is 18.3. The summed E-state index contributed by atoms with van der Waals surface area (Å²) in [5.74, 6) is -0.672. The number of hydrogen-bond acceptors (Lipinski definition) is 6. The number of ketones is 1. The number of fused-ring (bicyclic) bond motifs is 1. The van der Waals surface area contributed by atoms with Crippen LogP contribution in [0.3, 0.4) is 0 Å². The SMILES string of the molecule is Cc1ccc(NCC(=O)NN=Cc2c(C)c(C(=O)c3cccc([N+](=O)[O-])c3)n3ccccc23)cc1. The second-order valence-corrected chi connectivity index (χ2v) is 7.99. The normalized spacial score (nSPS) is 11.0. The number of pyridine rings is 1. The van der Waals surface area contributed by atoms with Crippen LogP contribution in [0.5, 0.6) is 0 Å². The number of nitrogens with zero attached hydrogens (tertiary/aromatic N) is 3. The first-order valence-corrected chi connectivity index (χ1v) is 10.9. The van der Waals surface area contributed by atoms with E-state index in [4.69, 9.17) is 0 Å². The van der Waals surface area contributed by atoms with Crippen molar-refractivity contribution >= 4 is 34.8 Å². The van der Waals surface area contributed by atoms with Crippen molar-refractivity contribution in [1.82, 2.24) is 9.83 Å². The summed E-state index contributed by atoms with van der Waals surface area (Å²) >= 11 is 0. The molecule has 2 heterocycles. The van der Waals surface area contributed by atoms with Gasteiger partial charge in [-0.25, -0.2) is 5.43 Å². The minimum atomic E-state index is -0.533. The Hall–Kier alpha value is -4.79. The molecule has 0 spiro atoms. The largest absolute Gasteiger partial charge is 0.376 e. The quantitative estimate of drug-likeness (QED) is 0.173. The van der Waals surface area contributed by atoms with E-state index in [0.717, 1.165) is 16.8 Å². The lowest BCUT2D eigenvalue weighted by atomic mass is 10.0. The molecule has 176 valence electrons. The Morgan fingerprint density at radius 2 is 1.83 bits per heavy atom. The van der Waals surface area contributed by atoms with Gasteiger partial charge in [-0.05, 0) is 43.7 Å². The molecular formula is C26H23N5O4. The highest BCUT2D eigenvalue weighted by Crippen LogP contribution is 2.25. The van der Waals surface area contributed by atoms with Crippen LogP contribution in [-0.2, 0) is 4.79 Å². The Morgan fingerprint density at radius 1 is 1.06 bits per heavy atom. The minimum Gasteiger partial charge on any atom is -0.376 e. The summed E-state index contributed by atoms with van der Waals surface area (Å²) in [7, 11) is 0. The average molecular weight is 470 g/mol. The lowest BCUT2D eigenvalue weighted by Gasteiger charge is -2.05. The first-order chi connectivity index (χ1) is 16.8. The summed E-state index contributed by atoms with van der Waals surface area (Å²) in [6.45, 7) is 3.81. The Kier molecular flexibility index (Phi) is 6.68. The van der Waals surface area contributed by atoms with Crippen LogP contribution in [-0.4, -0.2) is 33.8 Å². The van der Waals surface area contributed by atoms with E-state index in [1.165, 1.54) is 24.4 Å². The highest BCUT2D eigenvalue weighted by atomic mass is 16.6. The first-order valence-electron chi connectivity index (χ1n) is 10.9. The third-order valence-electron chi connectivity index (χ3n) is 5.56. The maximum absolute atomic E-state index is 13.3. The van der Waals surface area contributed by atoms with Gasteiger partial charge in [-0.15, -0.1) is 0 Å². The molecule has 9 nitrogen and oxygen atoms in total. The van der Waals surface area contributed by atoms with Crippen LogP contribution in [0, 0.1) is 24.0 Å². The number of amides is 1. The summed E-state index contributed by atoms with van der Waals surface area (Å²) in [4.78, 5) is 36.1. The van der Waals surface area contributed by atoms with Crippen LogP contribution in [0.25, 0.3) is 5.52 Å². The summed E-state index contributed by atoms with van der Waals surface area (Å²) in [5.41, 5.74) is 6.89. The van der Waals surface area contributed by atoms with Crippen LogP contribution in [0.4, 0.5) is 11.4 Å². The van der Waals surface area contributed by atoms with Crippen molar-refractivity contribution in [3.05, 3.63) is 111 Å². The molecule has 0 aliphatic carbocycles. The number of aryl methyl sites for hydroxylation is 1. The van der Waals surface area contributed by atoms with Crippen molar-refractivity contribution in [1.29, 1.82) is 0 Å². The highest BCUT2D eigenvalue weighted by Gasteiger charge is 2.22. The van der Waals surface area contributed by atoms with E-state index in [1.807, 2.05) is 43.3 Å². The Labute approximate surface area is 201 Å². The zero-order valence-corrected chi connectivity index (χ0v) is 19.2. The van der Waals surface area contributed by atoms with Gasteiger partial charge < -0.3 is 9.72 Å². The molecule has 2 aromatic carbocycles. The number of rotatable bonds is 8. The average Bonchev–Trinajstić information content (AvgIpc) is 3.14. The van der Waals surface area contributed by atoms with Gasteiger partial charge in [0, 0.05) is 35.1 Å². The first kappa shape index (κ1) is 23.4. The molecule has 4 rings (SSSR count). The van der Waals surface area contributed by atoms with Crippen molar-refractivity contribution in [3.63, 3.8) is 0 Å². The molecule has 0 saturated carbocycles. The second-order valence-electron chi connectivity index (χ2n) is 7.99. The molecule has 2 aromatic heterocycles. The zero-order chi connectivity index (χ0) is 24.9. The fourth-order valence-corrected chi connectivity index (χ4v) is 3.76. The Balaban J connectivity index is 1.55. The van der Waals surface area contributed by atoms with Gasteiger partial charge in [-0.3, -0.25) is 19.7 Å². The van der Waals surface area contributed by atoms with Gasteiger partial charge in [0.05, 0.1) is 28.9 Å². The third-order valence-corrected chi connectivity index (χ3v) is 5.56. The molecule has 0 aliphatic rings. The van der Waals surface area contributed by atoms with Crippen molar-refractivity contribution in [2.45, 2.75) is 13.8 Å². The molecule has 0 atom stereocenters. The van der Waals surface area contributed by atoms with Crippen LogP contribution in [0.2, 0.25) is 0 Å². The lowest BCUT2D eigenvalue weighted by Crippen LogP contribution is -2.25. The molecule has 0 aliphatic heterocycles. The number of non-ortho nitro benzene ring substituents is 1. The van der Waals surface area contributed by atoms with E-state index in [-0.39, 0.29) is 29.5 Å². The van der Waals surface area contributed by atoms with Gasteiger partial charge in [-0.1, -0.05) is 35.9 Å². The number of hydrogen-bond donors (Lipinski definition) is 2. The second kappa shape index (κ2) is 10.0. The smallest absolute Gasteiger partial charge is 0.270 e. The molecule has 0 unspecified atom stereocenters. The number of aromatic nitrogens is 1. The van der Waals surface area contributed by atoms with E-state index < -0.39 is 4.92 Å². The number of carbonyl (C=O) groups is 2. The van der Waals surface area contributed by atoms with Crippen molar-refractivity contribution in [3.8, 4) is 0 Å². The molecule has 9 heteroatoms. The molecule has 0 radical (unpaired) electrons. The number of benzene rings is 2. The monoisotopic (exact) mass is 469 g/mol. The van der Waals surface area contributed by atoms with Gasteiger partial charge in [0.2, 0.25) is 5.78 Å². The lowest BCUT2D eigenvalue weighted by molar-refractivity contribution is -0.384. The highest BCUT2D eigenvalue weighted by molar-refractivity contribution is 6.12. The zero-order valence-electron chi connectivity index (χ0n) is 19.2. The summed E-state index contributed by atoms with van der Waals surface area (Å²) < 4.78 is 1.72. The molecule has 1 amide bonds. The molecule has 2 N–H and O–H groups in total. The van der Waals surface area contributed by atoms with Crippen LogP contribution < -0.4 is 10.7 Å². The predicted molar refractivity (Wildman–Crippen MR) is 134 cm³/mol. The molecule has 0 fully saturated rings. The van der Waals surface area contributed by atoms with Gasteiger partial charge in [0.1, 0.15) is 0 Å². The van der Waals surface area contributed by atoms with Crippen LogP contribution in [0.15, 0.2) is 78.0 Å². The number of hydrazone groups is 1. The van der Waals surface area contributed by atoms with Crippen LogP contribution in [0.1, 0.15) is 32.7 Å². The summed E-state index contributed by atoms with van der Waals surface area (Å²) in [6.07, 6.45) is 3.24. The number of anilines is 1. The third kappa shape index (κ3) is 5.09. The molecule has 0 bridgehead atoms. The van der Waals surface area contributed by atoms with E-state index in [0.29, 0.717) is 16.8 Å². The van der Waals surface area contributed by atoms with E-state index >= 15 is 0 Å². The maximum atomic E-state index is 13.3. The molecule has 35 heavy (non-hydrogen) atoms. The van der Waals surface area contributed by atoms with Gasteiger partial charge in [0.25, 0.3) is 11.6 Å². The van der Waals surface area contributed by atoms with Gasteiger partial charge in [0.15, 0.2) is 0 Å². The van der Waals surface area contributed by atoms with Crippen LogP contribution >= 0.6 is 0 Å². The maximum Gasteiger partial charge on any atom is 0.270 e. The molecule has 0 saturated heterocycles. The Bertz CT molecular complexity index is 1450. The van der Waals surface area contributed by atoms with E-state index in [1.54, 1.807) is 29.7 Å². The van der Waals surface area contributed by atoms with Gasteiger partial charge in [-0.2, -0.15) is 5.10 Å². The van der Waals surface area contributed by atoms with E-state index in [9.17, 15) is 19.7 Å². The Morgan fingerprint density at radius 3 is 2.57 bits per heavy atom. The van der Waals surface area contributed by atoms with Crippen molar-refractivity contribution in [2.75, 3.05) is 11.9 Å². The fourth-order valence-electron chi connectivity index (χ4n) is 3.76. The molecular weight excluding hydrogens is 446 g/mol. The molecule has 4 aromatic rings. The standard InChI is InChI=1S/C26H23N5O4/c1-17-9-11-20(12-10-17)27-16-24(32)29-28-15-22-18(2)25(30-13-4-3-8-23(22)30)26(33)19-6-5-7-21(14-19)31(34)35/h3-15,27H,16H2,1-2H3,(H,29,32). The number of nitro groups is 1. The predicted octanol–water partition coefficient (Wildman–Crippen LogP) is 4.26. The minimum absolute atomic E-state index is 0.0480. The number of nitrogens with one attached hydrogen (secondary N) is 2. The summed E-state index contributed by atoms with van der Waals surface area (Å²) in [6, 6.07) is 18.8. The van der Waals surface area contributed by atoms with Crippen molar-refractivity contribution < 1.29 is 14.5 Å². The fraction of sp³-hybridized carbons (Fsp3) is 0.115. The van der Waals surface area contributed by atoms with Gasteiger partial charge >= 0.3 is 0 Å². The topological polar surface area (TPSA) is 118 Å². The van der Waals surface area contributed by atoms with Crippen molar-refractivity contribution in [2.24, 2.45) is 5.10 Å². The number of carbonyl (C=O) groups excluding carboxylic acids is 2. The number of nitro benzene ring substituents is 1. The van der Waals surface area contributed by atoms with E-state index in [2.05, 4.69) is 15.8 Å².